The molecule has 128 valence electrons. The summed E-state index contributed by atoms with van der Waals surface area (Å²) in [5.41, 5.74) is 8.28. The first-order valence-electron chi connectivity index (χ1n) is 6.88. The number of nitrogens with zero attached hydrogens (tertiary/aromatic N) is 2. The van der Waals surface area contributed by atoms with Crippen LogP contribution in [-0.4, -0.2) is 27.4 Å². The number of thioether (sulfide) groups is 1. The molecule has 1 heterocycles. The topological polar surface area (TPSA) is 67.1 Å². The predicted octanol–water partition coefficient (Wildman–Crippen LogP) is 4.44. The standard InChI is InChI=1S/C15H19ClN4S.2BrH/c16-13-5-3-12(4-6-13)7-8-19-15(17)21-9-1-2-14-10-18-11-20-14;;/h3-6,10-11H,1-2,7-9H2,(H2,17,19)(H,18,20);2*1H. The molecule has 0 fully saturated rings. The van der Waals surface area contributed by atoms with Gasteiger partial charge in [-0.3, -0.25) is 4.99 Å². The Morgan fingerprint density at radius 3 is 2.61 bits per heavy atom. The van der Waals surface area contributed by atoms with Crippen LogP contribution in [0.4, 0.5) is 0 Å². The summed E-state index contributed by atoms with van der Waals surface area (Å²) in [5, 5.41) is 1.42. The number of nitrogens with one attached hydrogen (secondary N) is 1. The van der Waals surface area contributed by atoms with E-state index in [4.69, 9.17) is 17.3 Å². The number of nitrogens with two attached hydrogens (primary N) is 1. The van der Waals surface area contributed by atoms with Crippen molar-refractivity contribution in [1.82, 2.24) is 9.97 Å². The number of aliphatic imine (C=N–C) groups is 1. The predicted molar refractivity (Wildman–Crippen MR) is 112 cm³/mol. The third-order valence-electron chi connectivity index (χ3n) is 2.98. The number of aromatic nitrogens is 2. The van der Waals surface area contributed by atoms with E-state index in [0.717, 1.165) is 35.7 Å². The lowest BCUT2D eigenvalue weighted by molar-refractivity contribution is 0.903. The summed E-state index contributed by atoms with van der Waals surface area (Å²) in [6, 6.07) is 7.83. The Morgan fingerprint density at radius 1 is 1.22 bits per heavy atom. The number of halogens is 3. The molecule has 0 saturated heterocycles. The largest absolute Gasteiger partial charge is 0.379 e. The number of aromatic amines is 1. The van der Waals surface area contributed by atoms with Gasteiger partial charge >= 0.3 is 0 Å². The van der Waals surface area contributed by atoms with Crippen LogP contribution in [-0.2, 0) is 12.8 Å². The molecule has 0 unspecified atom stereocenters. The number of imidazole rings is 1. The zero-order valence-electron chi connectivity index (χ0n) is 12.6. The van der Waals surface area contributed by atoms with Crippen LogP contribution in [0.2, 0.25) is 5.02 Å². The minimum absolute atomic E-state index is 0. The van der Waals surface area contributed by atoms with Gasteiger partial charge in [0.25, 0.3) is 0 Å². The zero-order chi connectivity index (χ0) is 14.9. The van der Waals surface area contributed by atoms with Crippen molar-refractivity contribution in [2.24, 2.45) is 10.7 Å². The summed E-state index contributed by atoms with van der Waals surface area (Å²) in [7, 11) is 0. The molecule has 0 aliphatic carbocycles. The van der Waals surface area contributed by atoms with Gasteiger partial charge in [-0.25, -0.2) is 4.98 Å². The zero-order valence-corrected chi connectivity index (χ0v) is 17.6. The molecule has 0 atom stereocenters. The van der Waals surface area contributed by atoms with E-state index in [0.29, 0.717) is 11.7 Å². The SMILES string of the molecule is Br.Br.NC(=NCCc1ccc(Cl)cc1)SCCCc1cnc[nH]1. The lowest BCUT2D eigenvalue weighted by Crippen LogP contribution is -2.09. The van der Waals surface area contributed by atoms with Crippen LogP contribution in [0, 0.1) is 0 Å². The van der Waals surface area contributed by atoms with Crippen molar-refractivity contribution in [3.05, 3.63) is 53.1 Å². The Bertz CT molecular complexity index is 561. The van der Waals surface area contributed by atoms with Crippen molar-refractivity contribution < 1.29 is 0 Å². The van der Waals surface area contributed by atoms with Crippen LogP contribution >= 0.6 is 57.3 Å². The Balaban J connectivity index is 0.00000242. The maximum atomic E-state index is 5.89. The molecular weight excluding hydrogens is 464 g/mol. The summed E-state index contributed by atoms with van der Waals surface area (Å²) >= 11 is 7.46. The van der Waals surface area contributed by atoms with Gasteiger partial charge in [0.15, 0.2) is 5.17 Å². The summed E-state index contributed by atoms with van der Waals surface area (Å²) in [4.78, 5) is 11.5. The number of hydrogen-bond donors (Lipinski definition) is 2. The molecule has 2 rings (SSSR count). The summed E-state index contributed by atoms with van der Waals surface area (Å²) in [6.07, 6.45) is 6.49. The van der Waals surface area contributed by atoms with E-state index >= 15 is 0 Å². The van der Waals surface area contributed by atoms with Gasteiger partial charge in [0.05, 0.1) is 6.33 Å². The highest BCUT2D eigenvalue weighted by molar-refractivity contribution is 8.93. The van der Waals surface area contributed by atoms with E-state index in [1.807, 2.05) is 30.5 Å². The average Bonchev–Trinajstić information content (AvgIpc) is 2.99. The molecule has 0 aliphatic rings. The second kappa shape index (κ2) is 12.9. The van der Waals surface area contributed by atoms with Gasteiger partial charge < -0.3 is 10.7 Å². The van der Waals surface area contributed by atoms with Gasteiger partial charge in [-0.2, -0.15) is 0 Å². The summed E-state index contributed by atoms with van der Waals surface area (Å²) in [5.74, 6) is 0.968. The minimum atomic E-state index is 0. The van der Waals surface area contributed by atoms with Crippen molar-refractivity contribution in [2.45, 2.75) is 19.3 Å². The molecule has 4 nitrogen and oxygen atoms in total. The summed E-state index contributed by atoms with van der Waals surface area (Å²) in [6.45, 7) is 0.709. The molecule has 0 aliphatic heterocycles. The third kappa shape index (κ3) is 9.39. The quantitative estimate of drug-likeness (QED) is 0.347. The van der Waals surface area contributed by atoms with Gasteiger partial charge in [0.2, 0.25) is 0 Å². The van der Waals surface area contributed by atoms with Gasteiger partial charge in [0, 0.05) is 29.2 Å². The molecule has 1 aromatic heterocycles. The molecule has 0 radical (unpaired) electrons. The maximum Gasteiger partial charge on any atom is 0.153 e. The van der Waals surface area contributed by atoms with E-state index in [2.05, 4.69) is 15.0 Å². The van der Waals surface area contributed by atoms with E-state index in [1.54, 1.807) is 18.1 Å². The fraction of sp³-hybridized carbons (Fsp3) is 0.333. The molecule has 23 heavy (non-hydrogen) atoms. The van der Waals surface area contributed by atoms with Crippen LogP contribution in [0.3, 0.4) is 0 Å². The average molecular weight is 485 g/mol. The van der Waals surface area contributed by atoms with Gasteiger partial charge in [-0.15, -0.1) is 34.0 Å². The lowest BCUT2D eigenvalue weighted by Gasteiger charge is -2.02. The molecule has 0 saturated carbocycles. The minimum Gasteiger partial charge on any atom is -0.379 e. The molecular formula is C15H21Br2ClN4S. The highest BCUT2D eigenvalue weighted by Crippen LogP contribution is 2.10. The van der Waals surface area contributed by atoms with Crippen LogP contribution in [0.15, 0.2) is 41.8 Å². The molecule has 3 N–H and O–H groups in total. The first-order valence-corrected chi connectivity index (χ1v) is 8.25. The van der Waals surface area contributed by atoms with Gasteiger partial charge in [0.1, 0.15) is 0 Å². The van der Waals surface area contributed by atoms with Crippen molar-refractivity contribution in [3.8, 4) is 0 Å². The smallest absolute Gasteiger partial charge is 0.153 e. The van der Waals surface area contributed by atoms with Crippen LogP contribution in [0.25, 0.3) is 0 Å². The number of hydrogen-bond acceptors (Lipinski definition) is 3. The van der Waals surface area contributed by atoms with Crippen molar-refractivity contribution in [3.63, 3.8) is 0 Å². The lowest BCUT2D eigenvalue weighted by atomic mass is 10.2. The molecule has 8 heteroatoms. The van der Waals surface area contributed by atoms with Crippen molar-refractivity contribution in [2.75, 3.05) is 12.3 Å². The maximum absolute atomic E-state index is 5.89. The van der Waals surface area contributed by atoms with E-state index in [1.165, 1.54) is 5.56 Å². The summed E-state index contributed by atoms with van der Waals surface area (Å²) < 4.78 is 0. The van der Waals surface area contributed by atoms with Crippen LogP contribution in [0.5, 0.6) is 0 Å². The van der Waals surface area contributed by atoms with Crippen LogP contribution in [0.1, 0.15) is 17.7 Å². The Hall–Kier alpha value is -0.500. The monoisotopic (exact) mass is 482 g/mol. The third-order valence-corrected chi connectivity index (χ3v) is 4.15. The number of rotatable bonds is 7. The highest BCUT2D eigenvalue weighted by Gasteiger charge is 1.98. The number of amidine groups is 1. The second-order valence-corrected chi connectivity index (χ2v) is 6.18. The van der Waals surface area contributed by atoms with E-state index in [-0.39, 0.29) is 34.0 Å². The highest BCUT2D eigenvalue weighted by atomic mass is 79.9. The second-order valence-electron chi connectivity index (χ2n) is 4.63. The number of H-pyrrole nitrogens is 1. The van der Waals surface area contributed by atoms with Crippen LogP contribution < -0.4 is 5.73 Å². The molecule has 0 bridgehead atoms. The Kier molecular flexibility index (Phi) is 12.6. The fourth-order valence-corrected chi connectivity index (χ4v) is 2.66. The number of aryl methyl sites for hydroxylation is 1. The fourth-order valence-electron chi connectivity index (χ4n) is 1.85. The molecule has 2 aromatic rings. The van der Waals surface area contributed by atoms with Crippen molar-refractivity contribution >= 4 is 62.5 Å². The number of benzene rings is 1. The molecule has 0 amide bonds. The Labute approximate surface area is 167 Å². The first kappa shape index (κ1) is 22.5. The molecule has 0 spiro atoms. The van der Waals surface area contributed by atoms with Crippen molar-refractivity contribution in [1.29, 1.82) is 0 Å². The molecule has 1 aromatic carbocycles. The van der Waals surface area contributed by atoms with Gasteiger partial charge in [-0.1, -0.05) is 35.5 Å². The van der Waals surface area contributed by atoms with E-state index < -0.39 is 0 Å². The normalized spacial score (nSPS) is 10.7. The first-order chi connectivity index (χ1) is 10.2. The Morgan fingerprint density at radius 2 is 1.96 bits per heavy atom. The van der Waals surface area contributed by atoms with E-state index in [9.17, 15) is 0 Å². The van der Waals surface area contributed by atoms with Gasteiger partial charge in [-0.05, 0) is 37.0 Å².